The fourth-order valence-electron chi connectivity index (χ4n) is 8.44. The second-order valence-electron chi connectivity index (χ2n) is 14.3. The molecule has 2 N–H and O–H groups in total. The van der Waals surface area contributed by atoms with Gasteiger partial charge in [-0.25, -0.2) is 0 Å². The number of aliphatic hydroxyl groups is 1. The Balaban J connectivity index is 1.39. The molecule has 2 amide bonds. The number of hydrogen-bond acceptors (Lipinski definition) is 9. The van der Waals surface area contributed by atoms with E-state index >= 15 is 0 Å². The van der Waals surface area contributed by atoms with E-state index in [0.717, 1.165) is 11.1 Å². The highest BCUT2D eigenvalue weighted by atomic mass is 28.4. The Morgan fingerprint density at radius 2 is 1.78 bits per heavy atom. The first-order chi connectivity index (χ1) is 24.3. The van der Waals surface area contributed by atoms with Crippen molar-refractivity contribution in [2.24, 2.45) is 5.92 Å². The van der Waals surface area contributed by atoms with Crippen LogP contribution >= 0.6 is 0 Å². The van der Waals surface area contributed by atoms with Gasteiger partial charge in [0.15, 0.2) is 19.7 Å². The van der Waals surface area contributed by atoms with Crippen LogP contribution in [0.4, 0.5) is 5.69 Å². The number of aromatic nitrogens is 1. The number of methoxy groups -OCH3 is 2. The standard InChI is InChI=1S/C38H47N3O9Si/c1-24-35(51(4,5)47)32(21-33(43)41-22-26-12-7-6-11-25(26)19-28(41)23-42)50-38(24)29-20-27(39-18-10-13-31(48-2)36(39)45)15-16-30(29)40(37(38)46)17-9-8-14-34(44)49-3/h6-7,10-13,15-16,18,20,24,28,32,35,42,47H,8-9,14,17,19,21-23H2,1-5H3/t24-,28-,32+,35-,38+/m0/s1. The first-order valence-corrected chi connectivity index (χ1v) is 20.5. The highest BCUT2D eigenvalue weighted by molar-refractivity contribution is 6.71. The van der Waals surface area contributed by atoms with Gasteiger partial charge in [-0.3, -0.25) is 23.7 Å². The molecule has 0 unspecified atom stereocenters. The maximum Gasteiger partial charge on any atom is 0.305 e. The molecule has 3 aromatic rings. The molecule has 5 atom stereocenters. The second kappa shape index (κ2) is 14.4. The minimum absolute atomic E-state index is 0.0802. The van der Waals surface area contributed by atoms with E-state index < -0.39 is 37.5 Å². The SMILES string of the molecule is COC(=O)CCCCN1C(=O)[C@]2(O[C@H](CC(=O)N3Cc4ccccc4C[C@H]3CO)[C@@H]([Si](C)(C)O)[C@@H]2C)c2cc(-n3cccc(OC)c3=O)ccc21. The summed E-state index contributed by atoms with van der Waals surface area (Å²) in [5.41, 5.74) is 1.35. The quantitative estimate of drug-likeness (QED) is 0.172. The van der Waals surface area contributed by atoms with Crippen molar-refractivity contribution >= 4 is 31.8 Å². The number of esters is 1. The number of nitrogens with zero attached hydrogens (tertiary/aromatic N) is 3. The number of fused-ring (bicyclic) bond motifs is 3. The first kappa shape index (κ1) is 36.5. The normalized spacial score (nSPS) is 24.1. The Labute approximate surface area is 298 Å². The Hall–Kier alpha value is -4.30. The van der Waals surface area contributed by atoms with Crippen molar-refractivity contribution in [1.29, 1.82) is 0 Å². The molecule has 1 fully saturated rings. The van der Waals surface area contributed by atoms with Crippen LogP contribution in [0.15, 0.2) is 65.6 Å². The minimum atomic E-state index is -3.10. The molecule has 3 aliphatic rings. The van der Waals surface area contributed by atoms with Crippen LogP contribution in [0.5, 0.6) is 5.75 Å². The predicted octanol–water partition coefficient (Wildman–Crippen LogP) is 3.67. The van der Waals surface area contributed by atoms with E-state index in [-0.39, 0.29) is 48.5 Å². The van der Waals surface area contributed by atoms with E-state index in [1.54, 1.807) is 59.4 Å². The molecule has 0 bridgehead atoms. The molecule has 1 aromatic heterocycles. The van der Waals surface area contributed by atoms with Crippen LogP contribution in [0.25, 0.3) is 5.69 Å². The van der Waals surface area contributed by atoms with Crippen molar-refractivity contribution in [3.05, 3.63) is 87.8 Å². The molecule has 0 saturated carbocycles. The number of aliphatic hydroxyl groups excluding tert-OH is 1. The summed E-state index contributed by atoms with van der Waals surface area (Å²) in [6.45, 7) is 5.97. The van der Waals surface area contributed by atoms with Crippen molar-refractivity contribution < 1.29 is 38.5 Å². The summed E-state index contributed by atoms with van der Waals surface area (Å²) in [5.74, 6) is -1.23. The summed E-state index contributed by atoms with van der Waals surface area (Å²) in [4.78, 5) is 69.3. The van der Waals surface area contributed by atoms with Crippen LogP contribution in [0.1, 0.15) is 49.3 Å². The third kappa shape index (κ3) is 6.52. The number of rotatable bonds is 11. The molecule has 12 nitrogen and oxygen atoms in total. The molecule has 4 heterocycles. The summed E-state index contributed by atoms with van der Waals surface area (Å²) in [6, 6.07) is 16.1. The zero-order valence-electron chi connectivity index (χ0n) is 29.8. The smallest absolute Gasteiger partial charge is 0.305 e. The van der Waals surface area contributed by atoms with Crippen LogP contribution in [0.3, 0.4) is 0 Å². The van der Waals surface area contributed by atoms with Gasteiger partial charge in [-0.2, -0.15) is 0 Å². The molecule has 6 rings (SSSR count). The second-order valence-corrected chi connectivity index (χ2v) is 18.3. The minimum Gasteiger partial charge on any atom is -0.491 e. The molecule has 1 spiro atoms. The van der Waals surface area contributed by atoms with Gasteiger partial charge >= 0.3 is 5.97 Å². The van der Waals surface area contributed by atoms with E-state index in [2.05, 4.69) is 0 Å². The highest BCUT2D eigenvalue weighted by Gasteiger charge is 2.66. The maximum atomic E-state index is 14.9. The van der Waals surface area contributed by atoms with Gasteiger partial charge in [0.05, 0.1) is 45.1 Å². The Bertz CT molecular complexity index is 1870. The van der Waals surface area contributed by atoms with Gasteiger partial charge in [0, 0.05) is 48.4 Å². The Morgan fingerprint density at radius 1 is 1.04 bits per heavy atom. The lowest BCUT2D eigenvalue weighted by Gasteiger charge is -2.37. The van der Waals surface area contributed by atoms with Gasteiger partial charge in [-0.15, -0.1) is 0 Å². The van der Waals surface area contributed by atoms with Crippen molar-refractivity contribution in [1.82, 2.24) is 9.47 Å². The summed E-state index contributed by atoms with van der Waals surface area (Å²) < 4.78 is 18.5. The summed E-state index contributed by atoms with van der Waals surface area (Å²) in [7, 11) is -0.333. The highest BCUT2D eigenvalue weighted by Crippen LogP contribution is 2.60. The van der Waals surface area contributed by atoms with Gasteiger partial charge in [0.2, 0.25) is 5.91 Å². The summed E-state index contributed by atoms with van der Waals surface area (Å²) >= 11 is 0. The van der Waals surface area contributed by atoms with Crippen molar-refractivity contribution in [2.75, 3.05) is 32.3 Å². The van der Waals surface area contributed by atoms with Crippen LogP contribution in [0.2, 0.25) is 18.6 Å². The third-order valence-corrected chi connectivity index (χ3v) is 13.4. The van der Waals surface area contributed by atoms with Gasteiger partial charge in [-0.1, -0.05) is 31.2 Å². The Morgan fingerprint density at radius 3 is 2.47 bits per heavy atom. The molecule has 0 aliphatic carbocycles. The summed E-state index contributed by atoms with van der Waals surface area (Å²) in [5, 5.41) is 10.3. The van der Waals surface area contributed by atoms with E-state index in [1.807, 2.05) is 31.2 Å². The molecule has 51 heavy (non-hydrogen) atoms. The lowest BCUT2D eigenvalue weighted by Crippen LogP contribution is -2.48. The zero-order chi connectivity index (χ0) is 36.7. The van der Waals surface area contributed by atoms with E-state index in [4.69, 9.17) is 14.2 Å². The Kier molecular flexibility index (Phi) is 10.3. The average Bonchev–Trinajstić information content (AvgIpc) is 3.54. The van der Waals surface area contributed by atoms with Crippen LogP contribution in [0, 0.1) is 5.92 Å². The lowest BCUT2D eigenvalue weighted by molar-refractivity contribution is -0.151. The number of pyridine rings is 1. The number of unbranched alkanes of at least 4 members (excludes halogenated alkanes) is 1. The topological polar surface area (TPSA) is 148 Å². The molecule has 13 heteroatoms. The molecule has 0 radical (unpaired) electrons. The summed E-state index contributed by atoms with van der Waals surface area (Å²) in [6.07, 6.45) is 2.52. The van der Waals surface area contributed by atoms with Crippen LogP contribution < -0.4 is 15.2 Å². The van der Waals surface area contributed by atoms with Crippen LogP contribution in [-0.2, 0) is 42.4 Å². The molecule has 2 aromatic carbocycles. The lowest BCUT2D eigenvalue weighted by atomic mass is 9.82. The molecule has 272 valence electrons. The van der Waals surface area contributed by atoms with Crippen LogP contribution in [-0.4, -0.2) is 85.0 Å². The zero-order valence-corrected chi connectivity index (χ0v) is 30.8. The molecular weight excluding hydrogens is 671 g/mol. The number of benzene rings is 2. The fraction of sp³-hybridized carbons (Fsp3) is 0.474. The maximum absolute atomic E-state index is 14.9. The van der Waals surface area contributed by atoms with Gasteiger partial charge < -0.3 is 33.9 Å². The van der Waals surface area contributed by atoms with Crippen molar-refractivity contribution in [3.8, 4) is 11.4 Å². The largest absolute Gasteiger partial charge is 0.491 e. The number of carbonyl (C=O) groups is 3. The van der Waals surface area contributed by atoms with Crippen molar-refractivity contribution in [3.63, 3.8) is 0 Å². The number of carbonyl (C=O) groups excluding carboxylic acids is 3. The number of hydrogen-bond donors (Lipinski definition) is 2. The van der Waals surface area contributed by atoms with E-state index in [1.165, 1.54) is 18.8 Å². The number of amides is 2. The van der Waals surface area contributed by atoms with Gasteiger partial charge in [0.1, 0.15) is 0 Å². The fourth-order valence-corrected chi connectivity index (χ4v) is 11.0. The predicted molar refractivity (Wildman–Crippen MR) is 192 cm³/mol. The monoisotopic (exact) mass is 717 g/mol. The molecular formula is C38H47N3O9Si. The first-order valence-electron chi connectivity index (χ1n) is 17.5. The van der Waals surface area contributed by atoms with Gasteiger partial charge in [-0.05, 0) is 73.8 Å². The number of ether oxygens (including phenoxy) is 3. The van der Waals surface area contributed by atoms with E-state index in [0.29, 0.717) is 49.3 Å². The van der Waals surface area contributed by atoms with Crippen molar-refractivity contribution in [2.45, 2.75) is 82.0 Å². The van der Waals surface area contributed by atoms with Gasteiger partial charge in [0.25, 0.3) is 11.5 Å². The van der Waals surface area contributed by atoms with E-state index in [9.17, 15) is 29.1 Å². The number of anilines is 1. The third-order valence-electron chi connectivity index (χ3n) is 10.9. The molecule has 3 aliphatic heterocycles. The molecule has 1 saturated heterocycles. The average molecular weight is 718 g/mol.